The molecule has 0 bridgehead atoms. The number of primary amides is 1. The Balaban J connectivity index is 2.84. The fourth-order valence-electron chi connectivity index (χ4n) is 1.34. The molecule has 0 aliphatic heterocycles. The molecule has 0 saturated heterocycles. The highest BCUT2D eigenvalue weighted by molar-refractivity contribution is 6.36. The molecule has 0 unspecified atom stereocenters. The van der Waals surface area contributed by atoms with Crippen molar-refractivity contribution < 1.29 is 19.5 Å². The van der Waals surface area contributed by atoms with Crippen LogP contribution in [0.15, 0.2) is 18.2 Å². The molecule has 1 rings (SSSR count). The molecule has 0 atom stereocenters. The van der Waals surface area contributed by atoms with E-state index in [1.807, 2.05) is 0 Å². The Kier molecular flexibility index (Phi) is 5.60. The summed E-state index contributed by atoms with van der Waals surface area (Å²) in [7, 11) is 0. The summed E-state index contributed by atoms with van der Waals surface area (Å²) in [5, 5.41) is 11.6. The molecule has 9 heteroatoms. The van der Waals surface area contributed by atoms with Crippen LogP contribution in [0.5, 0.6) is 0 Å². The van der Waals surface area contributed by atoms with Crippen molar-refractivity contribution in [2.24, 2.45) is 5.73 Å². The highest BCUT2D eigenvalue weighted by Gasteiger charge is 2.19. The van der Waals surface area contributed by atoms with E-state index in [2.05, 4.69) is 5.32 Å². The molecule has 7 nitrogen and oxygen atoms in total. The highest BCUT2D eigenvalue weighted by Crippen LogP contribution is 2.25. The molecule has 0 spiro atoms. The van der Waals surface area contributed by atoms with Gasteiger partial charge in [-0.1, -0.05) is 23.2 Å². The van der Waals surface area contributed by atoms with Gasteiger partial charge < -0.3 is 21.1 Å². The lowest BCUT2D eigenvalue weighted by Gasteiger charge is -2.19. The maximum Gasteiger partial charge on any atom is 0.323 e. The summed E-state index contributed by atoms with van der Waals surface area (Å²) in [5.74, 6) is -2.10. The zero-order chi connectivity index (χ0) is 15.3. The third-order valence-electron chi connectivity index (χ3n) is 2.13. The smallest absolute Gasteiger partial charge is 0.323 e. The SMILES string of the molecule is NC(=O)CN(CC(=O)O)C(=O)Nc1ccc(Cl)cc1Cl. The van der Waals surface area contributed by atoms with Crippen molar-refractivity contribution in [1.29, 1.82) is 0 Å². The quantitative estimate of drug-likeness (QED) is 0.761. The van der Waals surface area contributed by atoms with Gasteiger partial charge in [0.1, 0.15) is 13.1 Å². The lowest BCUT2D eigenvalue weighted by Crippen LogP contribution is -2.43. The first-order valence-electron chi connectivity index (χ1n) is 5.30. The minimum atomic E-state index is -1.27. The topological polar surface area (TPSA) is 113 Å². The summed E-state index contributed by atoms with van der Waals surface area (Å²) >= 11 is 11.6. The van der Waals surface area contributed by atoms with Gasteiger partial charge in [-0.05, 0) is 18.2 Å². The van der Waals surface area contributed by atoms with Gasteiger partial charge in [-0.15, -0.1) is 0 Å². The van der Waals surface area contributed by atoms with E-state index in [1.54, 1.807) is 0 Å². The van der Waals surface area contributed by atoms with Crippen LogP contribution in [0, 0.1) is 0 Å². The molecule has 1 aromatic carbocycles. The number of carboxylic acids is 1. The van der Waals surface area contributed by atoms with Gasteiger partial charge in [0, 0.05) is 5.02 Å². The molecule has 3 amide bonds. The maximum absolute atomic E-state index is 11.9. The van der Waals surface area contributed by atoms with Crippen molar-refractivity contribution in [3.05, 3.63) is 28.2 Å². The normalized spacial score (nSPS) is 9.90. The minimum Gasteiger partial charge on any atom is -0.480 e. The number of urea groups is 1. The Bertz CT molecular complexity index is 534. The van der Waals surface area contributed by atoms with E-state index in [0.29, 0.717) is 5.02 Å². The summed E-state index contributed by atoms with van der Waals surface area (Å²) in [6.07, 6.45) is 0. The Labute approximate surface area is 124 Å². The lowest BCUT2D eigenvalue weighted by atomic mass is 10.3. The molecule has 0 saturated carbocycles. The van der Waals surface area contributed by atoms with Crippen molar-refractivity contribution in [1.82, 2.24) is 4.90 Å². The first-order valence-corrected chi connectivity index (χ1v) is 6.06. The average molecular weight is 320 g/mol. The van der Waals surface area contributed by atoms with E-state index in [9.17, 15) is 14.4 Å². The number of nitrogens with two attached hydrogens (primary N) is 1. The lowest BCUT2D eigenvalue weighted by molar-refractivity contribution is -0.137. The van der Waals surface area contributed by atoms with Gasteiger partial charge in [-0.25, -0.2) is 4.79 Å². The van der Waals surface area contributed by atoms with Crippen LogP contribution < -0.4 is 11.1 Å². The fourth-order valence-corrected chi connectivity index (χ4v) is 1.79. The zero-order valence-corrected chi connectivity index (χ0v) is 11.6. The molecule has 1 aromatic rings. The molecule has 0 aliphatic rings. The number of aliphatic carboxylic acids is 1. The first kappa shape index (κ1) is 16.1. The zero-order valence-electron chi connectivity index (χ0n) is 10.1. The number of carbonyl (C=O) groups is 3. The molecule has 4 N–H and O–H groups in total. The number of hydrogen-bond donors (Lipinski definition) is 3. The van der Waals surface area contributed by atoms with E-state index in [0.717, 1.165) is 4.90 Å². The molecule has 108 valence electrons. The van der Waals surface area contributed by atoms with Crippen LogP contribution in [0.3, 0.4) is 0 Å². The van der Waals surface area contributed by atoms with Crippen molar-refractivity contribution in [3.8, 4) is 0 Å². The number of nitrogens with one attached hydrogen (secondary N) is 1. The largest absolute Gasteiger partial charge is 0.480 e. The van der Waals surface area contributed by atoms with Gasteiger partial charge in [-0.2, -0.15) is 0 Å². The summed E-state index contributed by atoms with van der Waals surface area (Å²) in [6, 6.07) is 3.55. The molecule has 0 heterocycles. The number of carboxylic acid groups (broad SMARTS) is 1. The van der Waals surface area contributed by atoms with Crippen LogP contribution in [-0.4, -0.2) is 41.0 Å². The predicted octanol–water partition coefficient (Wildman–Crippen LogP) is 1.40. The number of amides is 3. The van der Waals surface area contributed by atoms with Gasteiger partial charge in [0.15, 0.2) is 0 Å². The third-order valence-corrected chi connectivity index (χ3v) is 2.68. The fraction of sp³-hybridized carbons (Fsp3) is 0.182. The van der Waals surface area contributed by atoms with Crippen molar-refractivity contribution in [2.75, 3.05) is 18.4 Å². The van der Waals surface area contributed by atoms with Gasteiger partial charge in [0.2, 0.25) is 5.91 Å². The number of benzene rings is 1. The summed E-state index contributed by atoms with van der Waals surface area (Å²) in [5.41, 5.74) is 5.19. The van der Waals surface area contributed by atoms with Gasteiger partial charge in [-0.3, -0.25) is 9.59 Å². The standard InChI is InChI=1S/C11H11Cl2N3O4/c12-6-1-2-8(7(13)3-6)15-11(20)16(4-9(14)17)5-10(18)19/h1-3H,4-5H2,(H2,14,17)(H,15,20)(H,18,19). The summed E-state index contributed by atoms with van der Waals surface area (Å²) in [4.78, 5) is 34.1. The second kappa shape index (κ2) is 6.97. The van der Waals surface area contributed by atoms with E-state index < -0.39 is 31.0 Å². The van der Waals surface area contributed by atoms with Crippen LogP contribution in [0.4, 0.5) is 10.5 Å². The molecule has 0 aliphatic carbocycles. The maximum atomic E-state index is 11.9. The average Bonchev–Trinajstić information content (AvgIpc) is 2.30. The summed E-state index contributed by atoms with van der Waals surface area (Å²) < 4.78 is 0. The van der Waals surface area contributed by atoms with Crippen molar-refractivity contribution in [3.63, 3.8) is 0 Å². The summed E-state index contributed by atoms with van der Waals surface area (Å²) in [6.45, 7) is -1.19. The highest BCUT2D eigenvalue weighted by atomic mass is 35.5. The number of rotatable bonds is 5. The van der Waals surface area contributed by atoms with Gasteiger partial charge in [0.05, 0.1) is 10.7 Å². The molecule has 20 heavy (non-hydrogen) atoms. The second-order valence-corrected chi connectivity index (χ2v) is 4.61. The van der Waals surface area contributed by atoms with E-state index in [1.165, 1.54) is 18.2 Å². The Morgan fingerprint density at radius 1 is 1.25 bits per heavy atom. The molecule has 0 aromatic heterocycles. The molecule has 0 fully saturated rings. The number of halogens is 2. The third kappa shape index (κ3) is 4.94. The Morgan fingerprint density at radius 3 is 2.40 bits per heavy atom. The number of hydrogen-bond acceptors (Lipinski definition) is 3. The molecular formula is C11H11Cl2N3O4. The molecular weight excluding hydrogens is 309 g/mol. The van der Waals surface area contributed by atoms with E-state index in [4.69, 9.17) is 34.0 Å². The number of nitrogens with zero attached hydrogens (tertiary/aromatic N) is 1. The van der Waals surface area contributed by atoms with Gasteiger partial charge in [0.25, 0.3) is 0 Å². The second-order valence-electron chi connectivity index (χ2n) is 3.77. The van der Waals surface area contributed by atoms with Crippen molar-refractivity contribution >= 4 is 46.8 Å². The monoisotopic (exact) mass is 319 g/mol. The van der Waals surface area contributed by atoms with Crippen LogP contribution in [-0.2, 0) is 9.59 Å². The Morgan fingerprint density at radius 2 is 1.90 bits per heavy atom. The number of carbonyl (C=O) groups excluding carboxylic acids is 2. The van der Waals surface area contributed by atoms with Crippen molar-refractivity contribution in [2.45, 2.75) is 0 Å². The van der Waals surface area contributed by atoms with E-state index in [-0.39, 0.29) is 10.7 Å². The van der Waals surface area contributed by atoms with E-state index >= 15 is 0 Å². The van der Waals surface area contributed by atoms with Gasteiger partial charge >= 0.3 is 12.0 Å². The van der Waals surface area contributed by atoms with Crippen LogP contribution >= 0.6 is 23.2 Å². The first-order chi connectivity index (χ1) is 9.29. The number of anilines is 1. The van der Waals surface area contributed by atoms with Crippen LogP contribution in [0.2, 0.25) is 10.0 Å². The van der Waals surface area contributed by atoms with Crippen LogP contribution in [0.1, 0.15) is 0 Å². The molecule has 0 radical (unpaired) electrons. The minimum absolute atomic E-state index is 0.181. The Hall–Kier alpha value is -1.99. The van der Waals surface area contributed by atoms with Crippen LogP contribution in [0.25, 0.3) is 0 Å². The predicted molar refractivity (Wildman–Crippen MR) is 73.9 cm³/mol.